The van der Waals surface area contributed by atoms with Crippen LogP contribution in [0.3, 0.4) is 0 Å². The monoisotopic (exact) mass is 376 g/mol. The second-order valence-electron chi connectivity index (χ2n) is 7.00. The maximum Gasteiger partial charge on any atom is 0.339 e. The Morgan fingerprint density at radius 1 is 0.630 bits per heavy atom. The fourth-order valence-corrected chi connectivity index (χ4v) is 2.88. The Morgan fingerprint density at radius 2 is 1.04 bits per heavy atom. The molecule has 0 fully saturated rings. The number of hydrogen-bond donors (Lipinski definition) is 0. The molecule has 27 heavy (non-hydrogen) atoms. The minimum atomic E-state index is -0.459. The number of esters is 2. The summed E-state index contributed by atoms with van der Waals surface area (Å²) in [5.74, 6) is -0.906. The van der Waals surface area contributed by atoms with Crippen LogP contribution in [0.15, 0.2) is 24.3 Å². The molecule has 0 saturated heterocycles. The van der Waals surface area contributed by atoms with Gasteiger partial charge < -0.3 is 9.47 Å². The van der Waals surface area contributed by atoms with E-state index < -0.39 is 11.9 Å². The third kappa shape index (κ3) is 10.2. The lowest BCUT2D eigenvalue weighted by Gasteiger charge is -2.09. The Balaban J connectivity index is 2.27. The van der Waals surface area contributed by atoms with Crippen LogP contribution >= 0.6 is 0 Å². The molecule has 0 aliphatic rings. The van der Waals surface area contributed by atoms with Gasteiger partial charge in [-0.15, -0.1) is 0 Å². The second kappa shape index (κ2) is 15.2. The van der Waals surface area contributed by atoms with Gasteiger partial charge in [0, 0.05) is 0 Å². The lowest BCUT2D eigenvalue weighted by atomic mass is 10.1. The first kappa shape index (κ1) is 23.2. The molecule has 0 unspecified atom stereocenters. The lowest BCUT2D eigenvalue weighted by Crippen LogP contribution is -2.15. The number of hydrogen-bond acceptors (Lipinski definition) is 4. The van der Waals surface area contributed by atoms with Crippen LogP contribution < -0.4 is 0 Å². The predicted octanol–water partition coefficient (Wildman–Crippen LogP) is 6.33. The van der Waals surface area contributed by atoms with E-state index in [0.717, 1.165) is 25.7 Å². The highest BCUT2D eigenvalue weighted by Crippen LogP contribution is 2.14. The van der Waals surface area contributed by atoms with E-state index >= 15 is 0 Å². The molecule has 152 valence electrons. The molecule has 0 spiro atoms. The maximum absolute atomic E-state index is 12.3. The molecular weight excluding hydrogens is 340 g/mol. The minimum Gasteiger partial charge on any atom is -0.462 e. The first-order valence-corrected chi connectivity index (χ1v) is 10.6. The normalized spacial score (nSPS) is 10.6. The summed E-state index contributed by atoms with van der Waals surface area (Å²) >= 11 is 0. The summed E-state index contributed by atoms with van der Waals surface area (Å²) in [5, 5.41) is 0. The highest BCUT2D eigenvalue weighted by molar-refractivity contribution is 6.03. The van der Waals surface area contributed by atoms with Crippen LogP contribution in [0.4, 0.5) is 0 Å². The van der Waals surface area contributed by atoms with Crippen molar-refractivity contribution in [3.63, 3.8) is 0 Å². The SMILES string of the molecule is CCCCCCCCCCCOC(=O)c1ccccc1C(=O)OCCCC. The summed E-state index contributed by atoms with van der Waals surface area (Å²) in [6.45, 7) is 5.03. The Hall–Kier alpha value is -1.84. The standard InChI is InChI=1S/C23H36O4/c1-3-5-7-8-9-10-11-12-15-19-27-23(25)21-17-14-13-16-20(21)22(24)26-18-6-4-2/h13-14,16-17H,3-12,15,18-19H2,1-2H3. The summed E-state index contributed by atoms with van der Waals surface area (Å²) in [7, 11) is 0. The van der Waals surface area contributed by atoms with Crippen molar-refractivity contribution < 1.29 is 19.1 Å². The van der Waals surface area contributed by atoms with Gasteiger partial charge in [0.1, 0.15) is 0 Å². The zero-order valence-electron chi connectivity index (χ0n) is 17.1. The first-order valence-electron chi connectivity index (χ1n) is 10.6. The smallest absolute Gasteiger partial charge is 0.339 e. The summed E-state index contributed by atoms with van der Waals surface area (Å²) in [6.07, 6.45) is 12.7. The molecule has 0 aliphatic carbocycles. The van der Waals surface area contributed by atoms with Crippen molar-refractivity contribution in [2.24, 2.45) is 0 Å². The van der Waals surface area contributed by atoms with Crippen molar-refractivity contribution in [3.8, 4) is 0 Å². The third-order valence-corrected chi connectivity index (χ3v) is 4.58. The number of benzene rings is 1. The predicted molar refractivity (Wildman–Crippen MR) is 109 cm³/mol. The molecule has 0 radical (unpaired) electrons. The molecule has 0 N–H and O–H groups in total. The summed E-state index contributed by atoms with van der Waals surface area (Å²) in [5.41, 5.74) is 0.570. The van der Waals surface area contributed by atoms with E-state index in [1.165, 1.54) is 44.9 Å². The molecule has 1 aromatic carbocycles. The topological polar surface area (TPSA) is 52.6 Å². The first-order chi connectivity index (χ1) is 13.2. The molecule has 0 aromatic heterocycles. The lowest BCUT2D eigenvalue weighted by molar-refractivity contribution is 0.0451. The second-order valence-corrected chi connectivity index (χ2v) is 7.00. The van der Waals surface area contributed by atoms with Crippen molar-refractivity contribution in [3.05, 3.63) is 35.4 Å². The molecule has 1 rings (SSSR count). The van der Waals surface area contributed by atoms with Gasteiger partial charge in [0.2, 0.25) is 0 Å². The van der Waals surface area contributed by atoms with Gasteiger partial charge in [0.25, 0.3) is 0 Å². The van der Waals surface area contributed by atoms with E-state index in [4.69, 9.17) is 9.47 Å². The molecular formula is C23H36O4. The summed E-state index contributed by atoms with van der Waals surface area (Å²) in [6, 6.07) is 6.70. The summed E-state index contributed by atoms with van der Waals surface area (Å²) < 4.78 is 10.6. The van der Waals surface area contributed by atoms with Gasteiger partial charge in [-0.05, 0) is 25.0 Å². The molecule has 0 amide bonds. The number of carbonyl (C=O) groups is 2. The number of unbranched alkanes of at least 4 members (excludes halogenated alkanes) is 9. The van der Waals surface area contributed by atoms with Gasteiger partial charge in [0.15, 0.2) is 0 Å². The van der Waals surface area contributed by atoms with Crippen molar-refractivity contribution in [1.29, 1.82) is 0 Å². The van der Waals surface area contributed by atoms with Crippen LogP contribution in [-0.4, -0.2) is 25.2 Å². The molecule has 0 bridgehead atoms. The van der Waals surface area contributed by atoms with E-state index in [9.17, 15) is 9.59 Å². The third-order valence-electron chi connectivity index (χ3n) is 4.58. The fraction of sp³-hybridized carbons (Fsp3) is 0.652. The molecule has 0 heterocycles. The molecule has 4 heteroatoms. The molecule has 0 atom stereocenters. The molecule has 0 saturated carbocycles. The molecule has 1 aromatic rings. The van der Waals surface area contributed by atoms with Crippen molar-refractivity contribution in [2.45, 2.75) is 84.5 Å². The van der Waals surface area contributed by atoms with Crippen LogP contribution in [0, 0.1) is 0 Å². The summed E-state index contributed by atoms with van der Waals surface area (Å²) in [4.78, 5) is 24.5. The average molecular weight is 377 g/mol. The highest BCUT2D eigenvalue weighted by Gasteiger charge is 2.18. The van der Waals surface area contributed by atoms with E-state index in [1.807, 2.05) is 6.92 Å². The van der Waals surface area contributed by atoms with Gasteiger partial charge >= 0.3 is 11.9 Å². The number of ether oxygens (including phenoxy) is 2. The van der Waals surface area contributed by atoms with Crippen LogP contribution in [0.1, 0.15) is 105 Å². The van der Waals surface area contributed by atoms with E-state index in [-0.39, 0.29) is 11.1 Å². The zero-order chi connectivity index (χ0) is 19.7. The van der Waals surface area contributed by atoms with Gasteiger partial charge in [0.05, 0.1) is 24.3 Å². The van der Waals surface area contributed by atoms with Crippen LogP contribution in [-0.2, 0) is 9.47 Å². The van der Waals surface area contributed by atoms with E-state index in [1.54, 1.807) is 24.3 Å². The largest absolute Gasteiger partial charge is 0.462 e. The number of carbonyl (C=O) groups excluding carboxylic acids is 2. The van der Waals surface area contributed by atoms with Gasteiger partial charge in [-0.1, -0.05) is 83.8 Å². The minimum absolute atomic E-state index is 0.283. The van der Waals surface area contributed by atoms with Crippen LogP contribution in [0.2, 0.25) is 0 Å². The quantitative estimate of drug-likeness (QED) is 0.265. The Morgan fingerprint density at radius 3 is 1.52 bits per heavy atom. The van der Waals surface area contributed by atoms with Crippen molar-refractivity contribution in [1.82, 2.24) is 0 Å². The average Bonchev–Trinajstić information content (AvgIpc) is 2.69. The molecule has 4 nitrogen and oxygen atoms in total. The van der Waals surface area contributed by atoms with Crippen LogP contribution in [0.25, 0.3) is 0 Å². The maximum atomic E-state index is 12.3. The molecule has 0 aliphatic heterocycles. The Bertz CT molecular complexity index is 539. The fourth-order valence-electron chi connectivity index (χ4n) is 2.88. The van der Waals surface area contributed by atoms with E-state index in [2.05, 4.69) is 6.92 Å². The van der Waals surface area contributed by atoms with Gasteiger partial charge in [-0.2, -0.15) is 0 Å². The van der Waals surface area contributed by atoms with Crippen molar-refractivity contribution >= 4 is 11.9 Å². The van der Waals surface area contributed by atoms with Crippen molar-refractivity contribution in [2.75, 3.05) is 13.2 Å². The Labute approximate surface area is 164 Å². The van der Waals surface area contributed by atoms with Crippen LogP contribution in [0.5, 0.6) is 0 Å². The zero-order valence-corrected chi connectivity index (χ0v) is 17.1. The number of rotatable bonds is 15. The van der Waals surface area contributed by atoms with Gasteiger partial charge in [-0.25, -0.2) is 9.59 Å². The Kier molecular flexibility index (Phi) is 13.1. The highest BCUT2D eigenvalue weighted by atomic mass is 16.5. The van der Waals surface area contributed by atoms with E-state index in [0.29, 0.717) is 13.2 Å². The van der Waals surface area contributed by atoms with Gasteiger partial charge in [-0.3, -0.25) is 0 Å².